The van der Waals surface area contributed by atoms with E-state index in [1.807, 2.05) is 18.2 Å². The van der Waals surface area contributed by atoms with Gasteiger partial charge in [-0.05, 0) is 24.3 Å². The number of aliphatic carboxylic acids is 1. The van der Waals surface area contributed by atoms with E-state index < -0.39 is 11.2 Å². The van der Waals surface area contributed by atoms with Gasteiger partial charge in [-0.15, -0.1) is 11.8 Å². The highest BCUT2D eigenvalue weighted by Gasteiger charge is 2.36. The summed E-state index contributed by atoms with van der Waals surface area (Å²) in [6.45, 7) is -0.347. The highest BCUT2D eigenvalue weighted by Crippen LogP contribution is 2.45. The van der Waals surface area contributed by atoms with Crippen LogP contribution in [0.5, 0.6) is 0 Å². The number of amides is 1. The Bertz CT molecular complexity index is 690. The van der Waals surface area contributed by atoms with Crippen LogP contribution >= 0.6 is 11.8 Å². The second-order valence-corrected chi connectivity index (χ2v) is 5.69. The number of hydrogen-bond acceptors (Lipinski definition) is 4. The van der Waals surface area contributed by atoms with E-state index in [-0.39, 0.29) is 12.5 Å². The van der Waals surface area contributed by atoms with Crippen LogP contribution in [0.4, 0.5) is 5.69 Å². The van der Waals surface area contributed by atoms with Crippen LogP contribution in [0.25, 0.3) is 0 Å². The number of rotatable bonds is 3. The van der Waals surface area contributed by atoms with Gasteiger partial charge in [-0.1, -0.05) is 18.2 Å². The quantitative estimate of drug-likeness (QED) is 0.942. The van der Waals surface area contributed by atoms with Gasteiger partial charge in [-0.2, -0.15) is 0 Å². The molecule has 6 heteroatoms. The number of fused-ring (bicyclic) bond motifs is 1. The molecule has 2 heterocycles. The third kappa shape index (κ3) is 2.62. The molecule has 106 valence electrons. The first-order valence-electron chi connectivity index (χ1n) is 6.36. The number of anilines is 1. The number of thioether (sulfide) groups is 1. The average molecular weight is 300 g/mol. The van der Waals surface area contributed by atoms with Gasteiger partial charge in [0.25, 0.3) is 0 Å². The van der Waals surface area contributed by atoms with Crippen LogP contribution < -0.4 is 4.90 Å². The molecule has 5 nitrogen and oxygen atoms in total. The molecule has 1 unspecified atom stereocenters. The summed E-state index contributed by atoms with van der Waals surface area (Å²) in [7, 11) is 0. The van der Waals surface area contributed by atoms with Crippen LogP contribution in [0.2, 0.25) is 0 Å². The molecule has 1 N–H and O–H groups in total. The zero-order valence-corrected chi connectivity index (χ0v) is 11.8. The monoisotopic (exact) mass is 300 g/mol. The predicted molar refractivity (Wildman–Crippen MR) is 79.3 cm³/mol. The van der Waals surface area contributed by atoms with Crippen LogP contribution in [-0.2, 0) is 9.59 Å². The summed E-state index contributed by atoms with van der Waals surface area (Å²) in [4.78, 5) is 30.1. The lowest BCUT2D eigenvalue weighted by atomic mass is 10.2. The van der Waals surface area contributed by atoms with Crippen LogP contribution in [0, 0.1) is 0 Å². The molecule has 1 aromatic carbocycles. The number of nitrogens with zero attached hydrogens (tertiary/aromatic N) is 2. The Labute approximate surface area is 125 Å². The van der Waals surface area contributed by atoms with Crippen LogP contribution in [0.15, 0.2) is 53.6 Å². The van der Waals surface area contributed by atoms with Gasteiger partial charge in [0, 0.05) is 11.1 Å². The number of carboxylic acid groups (broad SMARTS) is 1. The maximum Gasteiger partial charge on any atom is 0.323 e. The summed E-state index contributed by atoms with van der Waals surface area (Å²) >= 11 is 1.40. The predicted octanol–water partition coefficient (Wildman–Crippen LogP) is 2.35. The van der Waals surface area contributed by atoms with Crippen molar-refractivity contribution in [2.45, 2.75) is 10.1 Å². The van der Waals surface area contributed by atoms with E-state index in [4.69, 9.17) is 5.11 Å². The summed E-state index contributed by atoms with van der Waals surface area (Å²) in [6.07, 6.45) is 1.63. The Balaban J connectivity index is 2.04. The summed E-state index contributed by atoms with van der Waals surface area (Å²) in [5.41, 5.74) is 1.28. The zero-order chi connectivity index (χ0) is 14.8. The minimum atomic E-state index is -1.04. The molecule has 0 saturated heterocycles. The van der Waals surface area contributed by atoms with E-state index in [0.717, 1.165) is 4.90 Å². The van der Waals surface area contributed by atoms with Crippen molar-refractivity contribution in [2.75, 3.05) is 11.4 Å². The third-order valence-corrected chi connectivity index (χ3v) is 4.42. The van der Waals surface area contributed by atoms with Crippen molar-refractivity contribution in [3.63, 3.8) is 0 Å². The van der Waals surface area contributed by atoms with Crippen molar-refractivity contribution in [3.05, 3.63) is 54.4 Å². The largest absolute Gasteiger partial charge is 0.480 e. The number of aromatic nitrogens is 1. The molecule has 1 amide bonds. The van der Waals surface area contributed by atoms with E-state index in [1.165, 1.54) is 16.7 Å². The molecule has 0 radical (unpaired) electrons. The Morgan fingerprint density at radius 2 is 2.00 bits per heavy atom. The van der Waals surface area contributed by atoms with Crippen LogP contribution in [0.1, 0.15) is 10.9 Å². The fraction of sp³-hybridized carbons (Fsp3) is 0.133. The minimum Gasteiger partial charge on any atom is -0.480 e. The second kappa shape index (κ2) is 5.57. The Morgan fingerprint density at radius 1 is 1.24 bits per heavy atom. The lowest BCUT2D eigenvalue weighted by molar-refractivity contribution is -0.136. The second-order valence-electron chi connectivity index (χ2n) is 4.54. The van der Waals surface area contributed by atoms with Gasteiger partial charge in [-0.3, -0.25) is 19.5 Å². The van der Waals surface area contributed by atoms with Gasteiger partial charge in [0.1, 0.15) is 11.8 Å². The number of carboxylic acids is 1. The van der Waals surface area contributed by atoms with Crippen LogP contribution in [-0.4, -0.2) is 28.5 Å². The highest BCUT2D eigenvalue weighted by atomic mass is 32.2. The van der Waals surface area contributed by atoms with Gasteiger partial charge < -0.3 is 5.11 Å². The molecule has 0 aliphatic carbocycles. The van der Waals surface area contributed by atoms with Crippen molar-refractivity contribution in [1.82, 2.24) is 4.98 Å². The van der Waals surface area contributed by atoms with Crippen molar-refractivity contribution >= 4 is 29.3 Å². The first kappa shape index (κ1) is 13.6. The number of pyridine rings is 1. The summed E-state index contributed by atoms with van der Waals surface area (Å²) in [5, 5.41) is 8.54. The average Bonchev–Trinajstić information content (AvgIpc) is 2.50. The minimum absolute atomic E-state index is 0.250. The number of carbonyl (C=O) groups excluding carboxylic acids is 1. The first-order chi connectivity index (χ1) is 10.2. The molecule has 21 heavy (non-hydrogen) atoms. The SMILES string of the molecule is O=C(O)CN1C(=O)C(c2ccccn2)Sc2ccccc21. The van der Waals surface area contributed by atoms with E-state index in [1.54, 1.807) is 30.5 Å². The topological polar surface area (TPSA) is 70.5 Å². The van der Waals surface area contributed by atoms with Crippen molar-refractivity contribution < 1.29 is 14.7 Å². The van der Waals surface area contributed by atoms with Gasteiger partial charge in [0.15, 0.2) is 0 Å². The van der Waals surface area contributed by atoms with E-state index in [9.17, 15) is 9.59 Å². The van der Waals surface area contributed by atoms with E-state index in [2.05, 4.69) is 4.98 Å². The zero-order valence-electron chi connectivity index (χ0n) is 11.0. The third-order valence-electron chi connectivity index (χ3n) is 3.14. The molecule has 2 aromatic rings. The highest BCUT2D eigenvalue weighted by molar-refractivity contribution is 8.00. The van der Waals surface area contributed by atoms with Crippen molar-refractivity contribution in [2.24, 2.45) is 0 Å². The van der Waals surface area contributed by atoms with Gasteiger partial charge in [-0.25, -0.2) is 0 Å². The molecule has 0 bridgehead atoms. The fourth-order valence-electron chi connectivity index (χ4n) is 2.23. The molecule has 3 rings (SSSR count). The van der Waals surface area contributed by atoms with Crippen molar-refractivity contribution in [1.29, 1.82) is 0 Å². The maximum atomic E-state index is 12.6. The first-order valence-corrected chi connectivity index (χ1v) is 7.24. The summed E-state index contributed by atoms with van der Waals surface area (Å²) < 4.78 is 0. The normalized spacial score (nSPS) is 17.4. The maximum absolute atomic E-state index is 12.6. The molecular formula is C15H12N2O3S. The molecule has 0 saturated carbocycles. The van der Waals surface area contributed by atoms with Gasteiger partial charge >= 0.3 is 5.97 Å². The molecule has 0 fully saturated rings. The van der Waals surface area contributed by atoms with Gasteiger partial charge in [0.05, 0.1) is 11.4 Å². The molecule has 1 aliphatic rings. The molecule has 0 spiro atoms. The Kier molecular flexibility index (Phi) is 3.62. The summed E-state index contributed by atoms with van der Waals surface area (Å²) in [6, 6.07) is 12.7. The Morgan fingerprint density at radius 3 is 2.71 bits per heavy atom. The lowest BCUT2D eigenvalue weighted by Gasteiger charge is -2.32. The van der Waals surface area contributed by atoms with E-state index >= 15 is 0 Å². The number of hydrogen-bond donors (Lipinski definition) is 1. The summed E-state index contributed by atoms with van der Waals surface area (Å²) in [5.74, 6) is -1.29. The number of benzene rings is 1. The lowest BCUT2D eigenvalue weighted by Crippen LogP contribution is -2.40. The van der Waals surface area contributed by atoms with Crippen LogP contribution in [0.3, 0.4) is 0 Å². The fourth-order valence-corrected chi connectivity index (χ4v) is 3.43. The molecule has 1 aromatic heterocycles. The van der Waals surface area contributed by atoms with Gasteiger partial charge in [0.2, 0.25) is 5.91 Å². The molecular weight excluding hydrogens is 288 g/mol. The smallest absolute Gasteiger partial charge is 0.323 e. The molecule has 1 atom stereocenters. The standard InChI is InChI=1S/C15H12N2O3S/c18-13(19)9-17-11-6-1-2-7-12(11)21-14(15(17)20)10-5-3-4-8-16-10/h1-8,14H,9H2,(H,18,19). The molecule has 1 aliphatic heterocycles. The Hall–Kier alpha value is -2.34. The number of para-hydroxylation sites is 1. The number of carbonyl (C=O) groups is 2. The van der Waals surface area contributed by atoms with E-state index in [0.29, 0.717) is 11.4 Å². The van der Waals surface area contributed by atoms with Crippen molar-refractivity contribution in [3.8, 4) is 0 Å².